The van der Waals surface area contributed by atoms with Crippen molar-refractivity contribution in [2.45, 2.75) is 52.4 Å². The number of ketones is 2. The third kappa shape index (κ3) is 4.73. The first-order valence-electron chi connectivity index (χ1n) is 6.77. The lowest BCUT2D eigenvalue weighted by Gasteiger charge is -2.08. The van der Waals surface area contributed by atoms with Crippen LogP contribution >= 0.6 is 11.3 Å². The molecule has 3 heteroatoms. The van der Waals surface area contributed by atoms with E-state index >= 15 is 0 Å². The van der Waals surface area contributed by atoms with Crippen LogP contribution in [-0.4, -0.2) is 11.6 Å². The molecule has 0 bridgehead atoms. The van der Waals surface area contributed by atoms with Gasteiger partial charge in [0.2, 0.25) is 0 Å². The van der Waals surface area contributed by atoms with Gasteiger partial charge < -0.3 is 0 Å². The first kappa shape index (κ1) is 15.1. The van der Waals surface area contributed by atoms with Crippen LogP contribution in [0.2, 0.25) is 0 Å². The van der Waals surface area contributed by atoms with Crippen molar-refractivity contribution in [2.24, 2.45) is 5.92 Å². The fraction of sp³-hybridized carbons (Fsp3) is 0.600. The molecule has 100 valence electrons. The summed E-state index contributed by atoms with van der Waals surface area (Å²) in [7, 11) is 0. The van der Waals surface area contributed by atoms with Crippen LogP contribution in [-0.2, 0) is 4.79 Å². The lowest BCUT2D eigenvalue weighted by atomic mass is 9.96. The van der Waals surface area contributed by atoms with Crippen molar-refractivity contribution in [1.82, 2.24) is 0 Å². The summed E-state index contributed by atoms with van der Waals surface area (Å²) in [5.41, 5.74) is 0. The lowest BCUT2D eigenvalue weighted by molar-refractivity contribution is -0.121. The Kier molecular flexibility index (Phi) is 6.88. The summed E-state index contributed by atoms with van der Waals surface area (Å²) >= 11 is 1.41. The van der Waals surface area contributed by atoms with Crippen molar-refractivity contribution in [1.29, 1.82) is 0 Å². The highest BCUT2D eigenvalue weighted by atomic mass is 32.1. The minimum atomic E-state index is -0.477. The van der Waals surface area contributed by atoms with E-state index in [1.807, 2.05) is 11.4 Å². The summed E-state index contributed by atoms with van der Waals surface area (Å²) in [6.07, 6.45) is 6.19. The van der Waals surface area contributed by atoms with E-state index in [1.54, 1.807) is 13.0 Å². The fourth-order valence-corrected chi connectivity index (χ4v) is 2.65. The van der Waals surface area contributed by atoms with Crippen LogP contribution in [0.25, 0.3) is 0 Å². The lowest BCUT2D eigenvalue weighted by Crippen LogP contribution is -2.20. The largest absolute Gasteiger partial charge is 0.299 e. The molecule has 0 radical (unpaired) electrons. The van der Waals surface area contributed by atoms with Crippen molar-refractivity contribution in [3.63, 3.8) is 0 Å². The third-order valence-corrected chi connectivity index (χ3v) is 4.05. The molecule has 0 amide bonds. The third-order valence-electron chi connectivity index (χ3n) is 3.17. The smallest absolute Gasteiger partial charge is 0.182 e. The minimum Gasteiger partial charge on any atom is -0.299 e. The van der Waals surface area contributed by atoms with Gasteiger partial charge in [0, 0.05) is 6.42 Å². The van der Waals surface area contributed by atoms with Crippen LogP contribution in [0.5, 0.6) is 0 Å². The number of Topliss-reactive ketones (excluding diaryl/α,β-unsaturated/α-hetero) is 2. The van der Waals surface area contributed by atoms with Gasteiger partial charge in [-0.1, -0.05) is 38.7 Å². The number of hydrogen-bond acceptors (Lipinski definition) is 3. The van der Waals surface area contributed by atoms with Crippen molar-refractivity contribution >= 4 is 22.9 Å². The fourth-order valence-electron chi connectivity index (χ4n) is 1.90. The Morgan fingerprint density at radius 2 is 1.94 bits per heavy atom. The molecule has 1 aromatic rings. The predicted octanol–water partition coefficient (Wildman–Crippen LogP) is 4.50. The summed E-state index contributed by atoms with van der Waals surface area (Å²) < 4.78 is 0. The quantitative estimate of drug-likeness (QED) is 0.375. The average Bonchev–Trinajstić information content (AvgIpc) is 2.90. The molecule has 0 aliphatic rings. The molecule has 0 spiro atoms. The maximum Gasteiger partial charge on any atom is 0.182 e. The maximum atomic E-state index is 12.0. The number of hydrogen-bond donors (Lipinski definition) is 0. The molecular weight excluding hydrogens is 244 g/mol. The van der Waals surface area contributed by atoms with Gasteiger partial charge in [0.1, 0.15) is 5.78 Å². The second-order valence-electron chi connectivity index (χ2n) is 4.69. The average molecular weight is 266 g/mol. The van der Waals surface area contributed by atoms with Crippen LogP contribution in [0, 0.1) is 5.92 Å². The van der Waals surface area contributed by atoms with Crippen LogP contribution in [0.4, 0.5) is 0 Å². The molecule has 0 N–H and O–H groups in total. The standard InChI is InChI=1S/C15H22O2S/c1-3-4-5-6-7-9-13(16)12(2)15(17)14-10-8-11-18-14/h8,10-12H,3-7,9H2,1-2H3. The Labute approximate surface area is 113 Å². The molecule has 1 heterocycles. The monoisotopic (exact) mass is 266 g/mol. The molecule has 1 aromatic heterocycles. The van der Waals surface area contributed by atoms with E-state index in [-0.39, 0.29) is 11.6 Å². The van der Waals surface area contributed by atoms with E-state index in [1.165, 1.54) is 30.6 Å². The van der Waals surface area contributed by atoms with E-state index in [4.69, 9.17) is 0 Å². The Balaban J connectivity index is 2.31. The van der Waals surface area contributed by atoms with Crippen molar-refractivity contribution in [2.75, 3.05) is 0 Å². The number of rotatable bonds is 9. The van der Waals surface area contributed by atoms with E-state index in [0.717, 1.165) is 12.8 Å². The summed E-state index contributed by atoms with van der Waals surface area (Å²) in [6.45, 7) is 3.91. The Morgan fingerprint density at radius 3 is 2.56 bits per heavy atom. The summed E-state index contributed by atoms with van der Waals surface area (Å²) in [5, 5.41) is 1.87. The first-order chi connectivity index (χ1) is 8.66. The minimum absolute atomic E-state index is 0.0245. The topological polar surface area (TPSA) is 34.1 Å². The normalized spacial score (nSPS) is 12.3. The SMILES string of the molecule is CCCCCCCC(=O)C(C)C(=O)c1cccs1. The van der Waals surface area contributed by atoms with Crippen LogP contribution in [0.15, 0.2) is 17.5 Å². The number of carbonyl (C=O) groups is 2. The molecule has 0 aliphatic heterocycles. The van der Waals surface area contributed by atoms with Gasteiger partial charge in [-0.2, -0.15) is 0 Å². The molecule has 2 nitrogen and oxygen atoms in total. The second-order valence-corrected chi connectivity index (χ2v) is 5.64. The highest BCUT2D eigenvalue weighted by Gasteiger charge is 2.22. The molecule has 0 saturated carbocycles. The Hall–Kier alpha value is -0.960. The van der Waals surface area contributed by atoms with Gasteiger partial charge in [-0.05, 0) is 24.8 Å². The van der Waals surface area contributed by atoms with E-state index in [0.29, 0.717) is 11.3 Å². The van der Waals surface area contributed by atoms with Gasteiger partial charge in [-0.15, -0.1) is 11.3 Å². The van der Waals surface area contributed by atoms with Gasteiger partial charge in [0.25, 0.3) is 0 Å². The number of carbonyl (C=O) groups excluding carboxylic acids is 2. The van der Waals surface area contributed by atoms with Crippen molar-refractivity contribution in [3.8, 4) is 0 Å². The van der Waals surface area contributed by atoms with E-state index < -0.39 is 5.92 Å². The first-order valence-corrected chi connectivity index (χ1v) is 7.65. The molecule has 1 rings (SSSR count). The Bertz CT molecular complexity index is 368. The molecular formula is C15H22O2S. The van der Waals surface area contributed by atoms with E-state index in [2.05, 4.69) is 6.92 Å². The molecule has 1 atom stereocenters. The molecule has 0 saturated heterocycles. The molecule has 0 fully saturated rings. The van der Waals surface area contributed by atoms with Crippen LogP contribution in [0.3, 0.4) is 0 Å². The summed E-state index contributed by atoms with van der Waals surface area (Å²) in [4.78, 5) is 24.6. The van der Waals surface area contributed by atoms with Gasteiger partial charge in [-0.25, -0.2) is 0 Å². The summed E-state index contributed by atoms with van der Waals surface area (Å²) in [6, 6.07) is 3.64. The second kappa shape index (κ2) is 8.20. The molecule has 1 unspecified atom stereocenters. The summed E-state index contributed by atoms with van der Waals surface area (Å²) in [5.74, 6) is -0.414. The zero-order chi connectivity index (χ0) is 13.4. The highest BCUT2D eigenvalue weighted by molar-refractivity contribution is 7.12. The highest BCUT2D eigenvalue weighted by Crippen LogP contribution is 2.17. The zero-order valence-electron chi connectivity index (χ0n) is 11.3. The maximum absolute atomic E-state index is 12.0. The van der Waals surface area contributed by atoms with E-state index in [9.17, 15) is 9.59 Å². The van der Waals surface area contributed by atoms with Crippen molar-refractivity contribution < 1.29 is 9.59 Å². The van der Waals surface area contributed by atoms with Gasteiger partial charge in [0.05, 0.1) is 10.8 Å². The molecule has 18 heavy (non-hydrogen) atoms. The zero-order valence-corrected chi connectivity index (χ0v) is 12.1. The van der Waals surface area contributed by atoms with Crippen LogP contribution in [0.1, 0.15) is 62.0 Å². The molecule has 0 aromatic carbocycles. The van der Waals surface area contributed by atoms with Gasteiger partial charge >= 0.3 is 0 Å². The molecule has 0 aliphatic carbocycles. The number of thiophene rings is 1. The van der Waals surface area contributed by atoms with Crippen molar-refractivity contribution in [3.05, 3.63) is 22.4 Å². The Morgan fingerprint density at radius 1 is 1.22 bits per heavy atom. The van der Waals surface area contributed by atoms with Gasteiger partial charge in [0.15, 0.2) is 5.78 Å². The predicted molar refractivity (Wildman–Crippen MR) is 76.2 cm³/mol. The number of unbranched alkanes of at least 4 members (excludes halogenated alkanes) is 4. The van der Waals surface area contributed by atoms with Gasteiger partial charge in [-0.3, -0.25) is 9.59 Å². The van der Waals surface area contributed by atoms with Crippen LogP contribution < -0.4 is 0 Å².